The van der Waals surface area contributed by atoms with E-state index in [0.29, 0.717) is 26.2 Å². The van der Waals surface area contributed by atoms with E-state index in [9.17, 15) is 18.0 Å². The third kappa shape index (κ3) is 4.50. The number of hydrogen-bond donors (Lipinski definition) is 0. The Hall–Kier alpha value is -1.64. The fourth-order valence-electron chi connectivity index (χ4n) is 2.64. The molecule has 1 saturated heterocycles. The van der Waals surface area contributed by atoms with E-state index in [1.165, 1.54) is 17.4 Å². The van der Waals surface area contributed by atoms with Crippen LogP contribution >= 0.6 is 22.9 Å². The molecule has 3 heterocycles. The minimum absolute atomic E-state index is 0.173. The first kappa shape index (κ1) is 18.2. The lowest BCUT2D eigenvalue weighted by Gasteiger charge is -2.34. The maximum atomic E-state index is 12.5. The summed E-state index contributed by atoms with van der Waals surface area (Å²) in [6.07, 6.45) is -3.51. The van der Waals surface area contributed by atoms with Gasteiger partial charge in [0.15, 0.2) is 0 Å². The van der Waals surface area contributed by atoms with Crippen LogP contribution in [0.5, 0.6) is 0 Å². The molecule has 1 aliphatic rings. The largest absolute Gasteiger partial charge is 0.433 e. The minimum Gasteiger partial charge on any atom is -0.336 e. The van der Waals surface area contributed by atoms with Gasteiger partial charge in [0, 0.05) is 43.8 Å². The fourth-order valence-corrected chi connectivity index (χ4v) is 3.77. The number of alkyl halides is 3. The van der Waals surface area contributed by atoms with E-state index < -0.39 is 11.9 Å². The van der Waals surface area contributed by atoms with Crippen molar-refractivity contribution >= 4 is 28.8 Å². The van der Waals surface area contributed by atoms with Gasteiger partial charge in [-0.1, -0.05) is 11.6 Å². The molecule has 0 N–H and O–H groups in total. The van der Waals surface area contributed by atoms with E-state index in [2.05, 4.69) is 9.88 Å². The molecule has 2 aromatic heterocycles. The van der Waals surface area contributed by atoms with Crippen LogP contribution < -0.4 is 0 Å². The van der Waals surface area contributed by atoms with Gasteiger partial charge in [0.1, 0.15) is 5.69 Å². The molecule has 4 nitrogen and oxygen atoms in total. The molecular formula is C16H15ClF3N3OS. The number of rotatable bonds is 3. The smallest absolute Gasteiger partial charge is 0.336 e. The highest BCUT2D eigenvalue weighted by Crippen LogP contribution is 2.27. The standard InChI is InChI=1S/C16H15ClF3N3OS/c17-14-4-2-12(25-14)10-22-5-7-23(8-6-22)15(24)11-1-3-13(21-9-11)16(18,19)20/h1-4,9H,5-8,10H2. The number of carbonyl (C=O) groups is 1. The second-order valence-corrected chi connectivity index (χ2v) is 7.50. The van der Waals surface area contributed by atoms with Gasteiger partial charge in [-0.2, -0.15) is 13.2 Å². The highest BCUT2D eigenvalue weighted by molar-refractivity contribution is 7.16. The number of aromatic nitrogens is 1. The van der Waals surface area contributed by atoms with Crippen molar-refractivity contribution in [3.8, 4) is 0 Å². The summed E-state index contributed by atoms with van der Waals surface area (Å²) in [5.74, 6) is -0.292. The second-order valence-electron chi connectivity index (χ2n) is 5.70. The van der Waals surface area contributed by atoms with Gasteiger partial charge in [-0.25, -0.2) is 0 Å². The highest BCUT2D eigenvalue weighted by atomic mass is 35.5. The summed E-state index contributed by atoms with van der Waals surface area (Å²) < 4.78 is 38.3. The number of nitrogens with zero attached hydrogens (tertiary/aromatic N) is 3. The van der Waals surface area contributed by atoms with Gasteiger partial charge in [-0.05, 0) is 24.3 Å². The summed E-state index contributed by atoms with van der Waals surface area (Å²) in [6, 6.07) is 5.86. The zero-order valence-electron chi connectivity index (χ0n) is 13.1. The lowest BCUT2D eigenvalue weighted by atomic mass is 10.2. The molecular weight excluding hydrogens is 375 g/mol. The van der Waals surface area contributed by atoms with E-state index in [0.717, 1.165) is 28.0 Å². The molecule has 1 fully saturated rings. The van der Waals surface area contributed by atoms with Crippen molar-refractivity contribution in [1.82, 2.24) is 14.8 Å². The van der Waals surface area contributed by atoms with Gasteiger partial charge in [-0.3, -0.25) is 14.7 Å². The third-order valence-corrected chi connectivity index (χ3v) is 5.18. The molecule has 0 atom stereocenters. The highest BCUT2D eigenvalue weighted by Gasteiger charge is 2.32. The summed E-state index contributed by atoms with van der Waals surface area (Å²) >= 11 is 7.45. The van der Waals surface area contributed by atoms with Crippen molar-refractivity contribution in [2.75, 3.05) is 26.2 Å². The fraction of sp³-hybridized carbons (Fsp3) is 0.375. The first-order valence-corrected chi connectivity index (χ1v) is 8.81. The normalized spacial score (nSPS) is 16.2. The van der Waals surface area contributed by atoms with E-state index in [1.54, 1.807) is 4.90 Å². The molecule has 0 aromatic carbocycles. The number of hydrogen-bond acceptors (Lipinski definition) is 4. The molecule has 2 aromatic rings. The summed E-state index contributed by atoms with van der Waals surface area (Å²) in [5, 5.41) is 0. The molecule has 0 radical (unpaired) electrons. The number of pyridine rings is 1. The van der Waals surface area contributed by atoms with Crippen LogP contribution in [0.25, 0.3) is 0 Å². The Morgan fingerprint density at radius 2 is 1.88 bits per heavy atom. The van der Waals surface area contributed by atoms with Crippen LogP contribution in [0.2, 0.25) is 4.34 Å². The Balaban J connectivity index is 1.56. The van der Waals surface area contributed by atoms with Crippen LogP contribution in [0.15, 0.2) is 30.5 Å². The van der Waals surface area contributed by atoms with Crippen LogP contribution in [-0.2, 0) is 12.7 Å². The van der Waals surface area contributed by atoms with Crippen LogP contribution in [0.3, 0.4) is 0 Å². The number of piperazine rings is 1. The molecule has 134 valence electrons. The first-order valence-electron chi connectivity index (χ1n) is 7.62. The molecule has 9 heteroatoms. The Kier molecular flexibility index (Phi) is 5.31. The minimum atomic E-state index is -4.50. The van der Waals surface area contributed by atoms with Crippen molar-refractivity contribution < 1.29 is 18.0 Å². The molecule has 0 aliphatic carbocycles. The van der Waals surface area contributed by atoms with E-state index in [4.69, 9.17) is 11.6 Å². The van der Waals surface area contributed by atoms with Crippen molar-refractivity contribution in [2.45, 2.75) is 12.7 Å². The lowest BCUT2D eigenvalue weighted by Crippen LogP contribution is -2.48. The van der Waals surface area contributed by atoms with Gasteiger partial charge in [-0.15, -0.1) is 11.3 Å². The molecule has 1 aliphatic heterocycles. The van der Waals surface area contributed by atoms with E-state index in [-0.39, 0.29) is 11.5 Å². The molecule has 0 spiro atoms. The third-order valence-electron chi connectivity index (χ3n) is 3.97. The summed E-state index contributed by atoms with van der Waals surface area (Å²) in [7, 11) is 0. The van der Waals surface area contributed by atoms with Crippen LogP contribution in [0.1, 0.15) is 20.9 Å². The van der Waals surface area contributed by atoms with Crippen LogP contribution in [0.4, 0.5) is 13.2 Å². The van der Waals surface area contributed by atoms with Crippen molar-refractivity contribution in [3.05, 3.63) is 50.9 Å². The van der Waals surface area contributed by atoms with Gasteiger partial charge < -0.3 is 4.90 Å². The Labute approximate surface area is 151 Å². The molecule has 1 amide bonds. The number of amides is 1. The Bertz CT molecular complexity index is 740. The average Bonchev–Trinajstić information content (AvgIpc) is 2.99. The Morgan fingerprint density at radius 3 is 2.40 bits per heavy atom. The van der Waals surface area contributed by atoms with Crippen molar-refractivity contribution in [2.24, 2.45) is 0 Å². The lowest BCUT2D eigenvalue weighted by molar-refractivity contribution is -0.141. The Morgan fingerprint density at radius 1 is 1.16 bits per heavy atom. The maximum Gasteiger partial charge on any atom is 0.433 e. The van der Waals surface area contributed by atoms with Crippen LogP contribution in [-0.4, -0.2) is 46.9 Å². The zero-order chi connectivity index (χ0) is 18.0. The maximum absolute atomic E-state index is 12.5. The summed E-state index contributed by atoms with van der Waals surface area (Å²) in [5.41, 5.74) is -0.824. The summed E-state index contributed by atoms with van der Waals surface area (Å²) in [4.78, 5) is 20.8. The van der Waals surface area contributed by atoms with Gasteiger partial charge in [0.25, 0.3) is 5.91 Å². The van der Waals surface area contributed by atoms with Gasteiger partial charge in [0.05, 0.1) is 9.90 Å². The molecule has 3 rings (SSSR count). The predicted octanol–water partition coefficient (Wildman–Crippen LogP) is 3.77. The van der Waals surface area contributed by atoms with E-state index in [1.807, 2.05) is 12.1 Å². The SMILES string of the molecule is O=C(c1ccc(C(F)(F)F)nc1)N1CCN(Cc2ccc(Cl)s2)CC1. The van der Waals surface area contributed by atoms with Crippen molar-refractivity contribution in [1.29, 1.82) is 0 Å². The number of halogens is 4. The molecule has 0 bridgehead atoms. The van der Waals surface area contributed by atoms with Gasteiger partial charge >= 0.3 is 6.18 Å². The molecule has 25 heavy (non-hydrogen) atoms. The monoisotopic (exact) mass is 389 g/mol. The van der Waals surface area contributed by atoms with Crippen LogP contribution in [0, 0.1) is 0 Å². The van der Waals surface area contributed by atoms with Crippen molar-refractivity contribution in [3.63, 3.8) is 0 Å². The van der Waals surface area contributed by atoms with Gasteiger partial charge in [0.2, 0.25) is 0 Å². The second kappa shape index (κ2) is 7.31. The zero-order valence-corrected chi connectivity index (χ0v) is 14.7. The summed E-state index contributed by atoms with van der Waals surface area (Å²) in [6.45, 7) is 3.24. The molecule has 0 unspecified atom stereocenters. The number of thiophene rings is 1. The number of carbonyl (C=O) groups excluding carboxylic acids is 1. The first-order chi connectivity index (χ1) is 11.8. The topological polar surface area (TPSA) is 36.4 Å². The quantitative estimate of drug-likeness (QED) is 0.801. The van der Waals surface area contributed by atoms with E-state index >= 15 is 0 Å². The average molecular weight is 390 g/mol. The molecule has 0 saturated carbocycles. The predicted molar refractivity (Wildman–Crippen MR) is 89.7 cm³/mol.